The lowest BCUT2D eigenvalue weighted by atomic mass is 10.1. The van der Waals surface area contributed by atoms with E-state index in [0.717, 1.165) is 36.8 Å². The third kappa shape index (κ3) is 6.71. The number of carbonyl (C=O) groups excluding carboxylic acids is 2. The molecule has 2 aromatic rings. The van der Waals surface area contributed by atoms with E-state index in [4.69, 9.17) is 9.47 Å². The molecule has 0 saturated heterocycles. The Kier molecular flexibility index (Phi) is 8.40. The molecule has 4 nitrogen and oxygen atoms in total. The fourth-order valence-electron chi connectivity index (χ4n) is 2.58. The first-order chi connectivity index (χ1) is 12.7. The first-order valence-electron chi connectivity index (χ1n) is 9.21. The molecule has 0 radical (unpaired) electrons. The zero-order valence-corrected chi connectivity index (χ0v) is 15.3. The van der Waals surface area contributed by atoms with Gasteiger partial charge in [0.2, 0.25) is 0 Å². The summed E-state index contributed by atoms with van der Waals surface area (Å²) in [7, 11) is 0. The van der Waals surface area contributed by atoms with Gasteiger partial charge in [-0.15, -0.1) is 0 Å². The standard InChI is InChI=1S/C22H26O4/c1-2-3-4-10-17-25-21(23)15-16-22(24)26-20-14-9-8-13-19(20)18-11-6-5-7-12-18/h5-9,11-14H,2-4,10,15-17H2,1H3. The van der Waals surface area contributed by atoms with Crippen LogP contribution >= 0.6 is 0 Å². The Labute approximate surface area is 155 Å². The van der Waals surface area contributed by atoms with Gasteiger partial charge in [0.05, 0.1) is 19.4 Å². The van der Waals surface area contributed by atoms with Gasteiger partial charge in [0.1, 0.15) is 5.75 Å². The summed E-state index contributed by atoms with van der Waals surface area (Å²) in [5.74, 6) is -0.289. The van der Waals surface area contributed by atoms with Crippen molar-refractivity contribution in [3.05, 3.63) is 54.6 Å². The highest BCUT2D eigenvalue weighted by Gasteiger charge is 2.13. The first kappa shape index (κ1) is 19.7. The lowest BCUT2D eigenvalue weighted by Gasteiger charge is -2.10. The summed E-state index contributed by atoms with van der Waals surface area (Å²) in [4.78, 5) is 23.8. The normalized spacial score (nSPS) is 10.3. The SMILES string of the molecule is CCCCCCOC(=O)CCC(=O)Oc1ccccc1-c1ccccc1. The number of rotatable bonds is 10. The summed E-state index contributed by atoms with van der Waals surface area (Å²) in [6.07, 6.45) is 4.27. The topological polar surface area (TPSA) is 52.6 Å². The van der Waals surface area contributed by atoms with Crippen molar-refractivity contribution in [1.29, 1.82) is 0 Å². The molecular weight excluding hydrogens is 328 g/mol. The Bertz CT molecular complexity index is 694. The molecule has 0 saturated carbocycles. The van der Waals surface area contributed by atoms with Gasteiger partial charge in [0, 0.05) is 5.56 Å². The van der Waals surface area contributed by atoms with Crippen molar-refractivity contribution in [3.63, 3.8) is 0 Å². The van der Waals surface area contributed by atoms with E-state index in [1.54, 1.807) is 6.07 Å². The summed E-state index contributed by atoms with van der Waals surface area (Å²) in [5, 5.41) is 0. The fraction of sp³-hybridized carbons (Fsp3) is 0.364. The number of unbranched alkanes of at least 4 members (excludes halogenated alkanes) is 3. The number of hydrogen-bond donors (Lipinski definition) is 0. The molecule has 0 aliphatic carbocycles. The van der Waals surface area contributed by atoms with Gasteiger partial charge in [-0.2, -0.15) is 0 Å². The molecule has 2 rings (SSSR count). The van der Waals surface area contributed by atoms with Crippen LogP contribution in [-0.2, 0) is 14.3 Å². The van der Waals surface area contributed by atoms with Gasteiger partial charge in [-0.25, -0.2) is 0 Å². The summed E-state index contributed by atoms with van der Waals surface area (Å²) < 4.78 is 10.6. The Morgan fingerprint density at radius 3 is 2.27 bits per heavy atom. The van der Waals surface area contributed by atoms with Gasteiger partial charge in [0.25, 0.3) is 0 Å². The van der Waals surface area contributed by atoms with Gasteiger partial charge in [0.15, 0.2) is 0 Å². The maximum Gasteiger partial charge on any atom is 0.311 e. The molecule has 4 heteroatoms. The molecule has 0 aliphatic rings. The second kappa shape index (κ2) is 11.1. The molecule has 138 valence electrons. The van der Waals surface area contributed by atoms with Crippen molar-refractivity contribution in [2.45, 2.75) is 45.4 Å². The summed E-state index contributed by atoms with van der Waals surface area (Å²) >= 11 is 0. The summed E-state index contributed by atoms with van der Waals surface area (Å²) in [6, 6.07) is 17.1. The Hall–Kier alpha value is -2.62. The zero-order chi connectivity index (χ0) is 18.6. The van der Waals surface area contributed by atoms with Crippen LogP contribution in [0.25, 0.3) is 11.1 Å². The van der Waals surface area contributed by atoms with Crippen molar-refractivity contribution in [1.82, 2.24) is 0 Å². The molecule has 0 aromatic heterocycles. The minimum Gasteiger partial charge on any atom is -0.466 e. The molecule has 26 heavy (non-hydrogen) atoms. The molecular formula is C22H26O4. The molecule has 0 amide bonds. The van der Waals surface area contributed by atoms with E-state index in [1.165, 1.54) is 0 Å². The van der Waals surface area contributed by atoms with E-state index in [9.17, 15) is 9.59 Å². The predicted molar refractivity (Wildman–Crippen MR) is 102 cm³/mol. The van der Waals surface area contributed by atoms with Crippen LogP contribution in [-0.4, -0.2) is 18.5 Å². The highest BCUT2D eigenvalue weighted by atomic mass is 16.5. The number of ether oxygens (including phenoxy) is 2. The minimum absolute atomic E-state index is 0.0108. The summed E-state index contributed by atoms with van der Waals surface area (Å²) in [6.45, 7) is 2.55. The highest BCUT2D eigenvalue weighted by Crippen LogP contribution is 2.29. The number of esters is 2. The molecule has 0 unspecified atom stereocenters. The van der Waals surface area contributed by atoms with Crippen LogP contribution in [0.4, 0.5) is 0 Å². The molecule has 0 fully saturated rings. The number of para-hydroxylation sites is 1. The van der Waals surface area contributed by atoms with Crippen LogP contribution in [0.15, 0.2) is 54.6 Å². The Balaban J connectivity index is 1.81. The van der Waals surface area contributed by atoms with Gasteiger partial charge < -0.3 is 9.47 Å². The van der Waals surface area contributed by atoms with Gasteiger partial charge >= 0.3 is 11.9 Å². The van der Waals surface area contributed by atoms with E-state index in [1.807, 2.05) is 48.5 Å². The van der Waals surface area contributed by atoms with E-state index in [-0.39, 0.29) is 18.8 Å². The average molecular weight is 354 g/mol. The second-order valence-electron chi connectivity index (χ2n) is 6.12. The largest absolute Gasteiger partial charge is 0.466 e. The molecule has 2 aromatic carbocycles. The third-order valence-corrected chi connectivity index (χ3v) is 3.99. The quantitative estimate of drug-likeness (QED) is 0.336. The van der Waals surface area contributed by atoms with E-state index < -0.39 is 5.97 Å². The van der Waals surface area contributed by atoms with Crippen LogP contribution in [0.1, 0.15) is 45.4 Å². The zero-order valence-electron chi connectivity index (χ0n) is 15.3. The highest BCUT2D eigenvalue weighted by molar-refractivity contribution is 5.81. The molecule has 0 N–H and O–H groups in total. The predicted octanol–water partition coefficient (Wildman–Crippen LogP) is 5.16. The lowest BCUT2D eigenvalue weighted by molar-refractivity contribution is -0.147. The number of hydrogen-bond acceptors (Lipinski definition) is 4. The minimum atomic E-state index is -0.434. The van der Waals surface area contributed by atoms with Crippen LogP contribution in [0, 0.1) is 0 Å². The maximum atomic E-state index is 12.1. The van der Waals surface area contributed by atoms with Gasteiger partial charge in [-0.3, -0.25) is 9.59 Å². The lowest BCUT2D eigenvalue weighted by Crippen LogP contribution is -2.13. The average Bonchev–Trinajstić information content (AvgIpc) is 2.67. The maximum absolute atomic E-state index is 12.1. The Morgan fingerprint density at radius 2 is 1.50 bits per heavy atom. The molecule has 0 aliphatic heterocycles. The Morgan fingerprint density at radius 1 is 0.808 bits per heavy atom. The summed E-state index contributed by atoms with van der Waals surface area (Å²) in [5.41, 5.74) is 1.82. The van der Waals surface area contributed by atoms with E-state index >= 15 is 0 Å². The van der Waals surface area contributed by atoms with E-state index in [0.29, 0.717) is 12.4 Å². The van der Waals surface area contributed by atoms with Crippen molar-refractivity contribution in [2.24, 2.45) is 0 Å². The monoisotopic (exact) mass is 354 g/mol. The van der Waals surface area contributed by atoms with Gasteiger partial charge in [-0.1, -0.05) is 74.7 Å². The third-order valence-electron chi connectivity index (χ3n) is 3.99. The van der Waals surface area contributed by atoms with Crippen molar-refractivity contribution < 1.29 is 19.1 Å². The van der Waals surface area contributed by atoms with Gasteiger partial charge in [-0.05, 0) is 18.1 Å². The van der Waals surface area contributed by atoms with E-state index in [2.05, 4.69) is 6.92 Å². The van der Waals surface area contributed by atoms with Crippen LogP contribution < -0.4 is 4.74 Å². The first-order valence-corrected chi connectivity index (χ1v) is 9.21. The number of benzene rings is 2. The van der Waals surface area contributed by atoms with Crippen molar-refractivity contribution in [3.8, 4) is 16.9 Å². The smallest absolute Gasteiger partial charge is 0.311 e. The second-order valence-corrected chi connectivity index (χ2v) is 6.12. The van der Waals surface area contributed by atoms with Crippen molar-refractivity contribution in [2.75, 3.05) is 6.61 Å². The van der Waals surface area contributed by atoms with Crippen LogP contribution in [0.5, 0.6) is 5.75 Å². The molecule has 0 bridgehead atoms. The van der Waals surface area contributed by atoms with Crippen LogP contribution in [0.2, 0.25) is 0 Å². The molecule has 0 heterocycles. The molecule has 0 spiro atoms. The van der Waals surface area contributed by atoms with Crippen LogP contribution in [0.3, 0.4) is 0 Å². The number of carbonyl (C=O) groups is 2. The fourth-order valence-corrected chi connectivity index (χ4v) is 2.58. The molecule has 0 atom stereocenters. The van der Waals surface area contributed by atoms with Crippen molar-refractivity contribution >= 4 is 11.9 Å².